The first-order chi connectivity index (χ1) is 13.2. The van der Waals surface area contributed by atoms with Gasteiger partial charge in [0.2, 0.25) is 0 Å². The lowest BCUT2D eigenvalue weighted by atomic mass is 9.90. The maximum Gasteiger partial charge on any atom is 0.417 e. The molecule has 1 amide bonds. The van der Waals surface area contributed by atoms with Gasteiger partial charge in [0.05, 0.1) is 11.8 Å². The van der Waals surface area contributed by atoms with Gasteiger partial charge in [-0.3, -0.25) is 4.79 Å². The Morgan fingerprint density at radius 1 is 1.14 bits per heavy atom. The Morgan fingerprint density at radius 3 is 2.36 bits per heavy atom. The molecule has 1 aliphatic carbocycles. The number of hydrogen-bond acceptors (Lipinski definition) is 5. The van der Waals surface area contributed by atoms with Crippen molar-refractivity contribution in [1.29, 1.82) is 0 Å². The molecule has 0 radical (unpaired) electrons. The summed E-state index contributed by atoms with van der Waals surface area (Å²) in [6.45, 7) is 0. The summed E-state index contributed by atoms with van der Waals surface area (Å²) >= 11 is 0. The van der Waals surface area contributed by atoms with Crippen molar-refractivity contribution in [1.82, 2.24) is 25.3 Å². The maximum atomic E-state index is 12.6. The zero-order chi connectivity index (χ0) is 20.4. The highest BCUT2D eigenvalue weighted by Crippen LogP contribution is 2.29. The molecule has 11 heteroatoms. The average molecular weight is 397 g/mol. The normalized spacial score (nSPS) is 17.0. The van der Waals surface area contributed by atoms with E-state index in [0.717, 1.165) is 29.7 Å². The third kappa shape index (κ3) is 4.12. The predicted octanol–water partition coefficient (Wildman–Crippen LogP) is 2.59. The van der Waals surface area contributed by atoms with Crippen molar-refractivity contribution in [2.75, 3.05) is 0 Å². The van der Waals surface area contributed by atoms with Gasteiger partial charge in [-0.2, -0.15) is 13.2 Å². The number of hydrogen-bond donors (Lipinski definition) is 2. The number of pyridine rings is 1. The van der Waals surface area contributed by atoms with Crippen LogP contribution in [0.2, 0.25) is 0 Å². The summed E-state index contributed by atoms with van der Waals surface area (Å²) in [6, 6.07) is 1.94. The SMILES string of the molecule is O=C(NC1(C(=O)O)CCCCCC1)c1cn(-c2ccc(C(F)(F)F)cn2)nn1. The van der Waals surface area contributed by atoms with Gasteiger partial charge in [-0.1, -0.05) is 30.9 Å². The van der Waals surface area contributed by atoms with E-state index in [4.69, 9.17) is 0 Å². The molecule has 2 heterocycles. The number of carbonyl (C=O) groups is 2. The van der Waals surface area contributed by atoms with Crippen LogP contribution in [0, 0.1) is 0 Å². The molecule has 0 unspecified atom stereocenters. The highest BCUT2D eigenvalue weighted by Gasteiger charge is 2.40. The smallest absolute Gasteiger partial charge is 0.417 e. The fraction of sp³-hybridized carbons (Fsp3) is 0.471. The minimum Gasteiger partial charge on any atom is -0.480 e. The quantitative estimate of drug-likeness (QED) is 0.768. The molecule has 0 aromatic carbocycles. The fourth-order valence-corrected chi connectivity index (χ4v) is 3.17. The average Bonchev–Trinajstić information content (AvgIpc) is 3.02. The number of alkyl halides is 3. The zero-order valence-electron chi connectivity index (χ0n) is 14.7. The van der Waals surface area contributed by atoms with Crippen molar-refractivity contribution in [3.63, 3.8) is 0 Å². The van der Waals surface area contributed by atoms with Crippen LogP contribution in [0.5, 0.6) is 0 Å². The van der Waals surface area contributed by atoms with Crippen molar-refractivity contribution >= 4 is 11.9 Å². The van der Waals surface area contributed by atoms with E-state index in [-0.39, 0.29) is 11.5 Å². The molecule has 0 saturated heterocycles. The van der Waals surface area contributed by atoms with E-state index in [1.807, 2.05) is 0 Å². The van der Waals surface area contributed by atoms with E-state index in [9.17, 15) is 27.9 Å². The number of carbonyl (C=O) groups excluding carboxylic acids is 1. The minimum absolute atomic E-state index is 0.0435. The first-order valence-corrected chi connectivity index (χ1v) is 8.73. The summed E-state index contributed by atoms with van der Waals surface area (Å²) in [5.41, 5.74) is -2.41. The first kappa shape index (κ1) is 19.8. The lowest BCUT2D eigenvalue weighted by Gasteiger charge is -2.28. The second-order valence-electron chi connectivity index (χ2n) is 6.71. The Hall–Kier alpha value is -2.98. The van der Waals surface area contributed by atoms with Gasteiger partial charge in [0.1, 0.15) is 5.54 Å². The number of aromatic nitrogens is 4. The van der Waals surface area contributed by atoms with Gasteiger partial charge in [0, 0.05) is 6.20 Å². The first-order valence-electron chi connectivity index (χ1n) is 8.73. The highest BCUT2D eigenvalue weighted by molar-refractivity contribution is 5.96. The molecule has 2 aromatic rings. The number of halogens is 3. The van der Waals surface area contributed by atoms with Crippen molar-refractivity contribution < 1.29 is 27.9 Å². The minimum atomic E-state index is -4.51. The number of nitrogens with zero attached hydrogens (tertiary/aromatic N) is 4. The summed E-state index contributed by atoms with van der Waals surface area (Å²) < 4.78 is 38.9. The molecule has 1 fully saturated rings. The van der Waals surface area contributed by atoms with Gasteiger partial charge in [-0.05, 0) is 25.0 Å². The van der Waals surface area contributed by atoms with E-state index in [2.05, 4.69) is 20.6 Å². The van der Waals surface area contributed by atoms with Crippen LogP contribution in [0.3, 0.4) is 0 Å². The van der Waals surface area contributed by atoms with Crippen LogP contribution in [0.4, 0.5) is 13.2 Å². The second-order valence-corrected chi connectivity index (χ2v) is 6.71. The lowest BCUT2D eigenvalue weighted by Crippen LogP contribution is -2.54. The monoisotopic (exact) mass is 397 g/mol. The summed E-state index contributed by atoms with van der Waals surface area (Å²) in [5, 5.41) is 19.6. The van der Waals surface area contributed by atoms with Crippen molar-refractivity contribution in [3.8, 4) is 5.82 Å². The van der Waals surface area contributed by atoms with Crippen molar-refractivity contribution in [2.45, 2.75) is 50.2 Å². The topological polar surface area (TPSA) is 110 Å². The molecular weight excluding hydrogens is 379 g/mol. The molecule has 0 bridgehead atoms. The van der Waals surface area contributed by atoms with E-state index >= 15 is 0 Å². The largest absolute Gasteiger partial charge is 0.480 e. The molecule has 0 aliphatic heterocycles. The summed E-state index contributed by atoms with van der Waals surface area (Å²) in [5.74, 6) is -1.76. The Morgan fingerprint density at radius 2 is 1.82 bits per heavy atom. The molecule has 2 aromatic heterocycles. The van der Waals surface area contributed by atoms with E-state index < -0.39 is 29.2 Å². The van der Waals surface area contributed by atoms with Gasteiger partial charge in [0.25, 0.3) is 5.91 Å². The van der Waals surface area contributed by atoms with Crippen LogP contribution in [0.1, 0.15) is 54.6 Å². The number of rotatable bonds is 4. The molecular formula is C17H18F3N5O3. The molecule has 28 heavy (non-hydrogen) atoms. The summed E-state index contributed by atoms with van der Waals surface area (Å²) in [4.78, 5) is 28.0. The fourth-order valence-electron chi connectivity index (χ4n) is 3.17. The van der Waals surface area contributed by atoms with E-state index in [1.54, 1.807) is 0 Å². The summed E-state index contributed by atoms with van der Waals surface area (Å²) in [7, 11) is 0. The molecule has 0 atom stereocenters. The Kier molecular flexibility index (Phi) is 5.34. The number of carboxylic acids is 1. The number of carboxylic acid groups (broad SMARTS) is 1. The standard InChI is InChI=1S/C17H18F3N5O3/c18-17(19,20)11-5-6-13(21-9-11)25-10-12(23-24-25)14(26)22-16(15(27)28)7-3-1-2-4-8-16/h5-6,9-10H,1-4,7-8H2,(H,22,26)(H,27,28). The van der Waals surface area contributed by atoms with Gasteiger partial charge >= 0.3 is 12.1 Å². The van der Waals surface area contributed by atoms with Gasteiger partial charge in [-0.25, -0.2) is 14.5 Å². The van der Waals surface area contributed by atoms with E-state index in [0.29, 0.717) is 31.9 Å². The van der Waals surface area contributed by atoms with Gasteiger partial charge < -0.3 is 10.4 Å². The summed E-state index contributed by atoms with van der Waals surface area (Å²) in [6.07, 6.45) is 1.16. The van der Waals surface area contributed by atoms with E-state index in [1.165, 1.54) is 6.20 Å². The van der Waals surface area contributed by atoms with Crippen molar-refractivity contribution in [3.05, 3.63) is 35.8 Å². The maximum absolute atomic E-state index is 12.6. The Balaban J connectivity index is 1.77. The lowest BCUT2D eigenvalue weighted by molar-refractivity contribution is -0.145. The number of amides is 1. The Labute approximate surface area is 157 Å². The Bertz CT molecular complexity index is 856. The predicted molar refractivity (Wildman–Crippen MR) is 89.7 cm³/mol. The van der Waals surface area contributed by atoms with Crippen LogP contribution >= 0.6 is 0 Å². The molecule has 2 N–H and O–H groups in total. The zero-order valence-corrected chi connectivity index (χ0v) is 14.7. The third-order valence-corrected chi connectivity index (χ3v) is 4.76. The molecule has 1 saturated carbocycles. The number of nitrogens with one attached hydrogen (secondary N) is 1. The van der Waals surface area contributed by atoms with Crippen LogP contribution in [-0.4, -0.2) is 42.5 Å². The molecule has 0 spiro atoms. The second kappa shape index (κ2) is 7.56. The van der Waals surface area contributed by atoms with Gasteiger partial charge in [-0.15, -0.1) is 5.10 Å². The third-order valence-electron chi connectivity index (χ3n) is 4.76. The molecule has 1 aliphatic rings. The highest BCUT2D eigenvalue weighted by atomic mass is 19.4. The van der Waals surface area contributed by atoms with Crippen LogP contribution < -0.4 is 5.32 Å². The van der Waals surface area contributed by atoms with Crippen LogP contribution in [0.15, 0.2) is 24.5 Å². The molecule has 8 nitrogen and oxygen atoms in total. The molecule has 3 rings (SSSR count). The molecule has 150 valence electrons. The van der Waals surface area contributed by atoms with Crippen molar-refractivity contribution in [2.24, 2.45) is 0 Å². The van der Waals surface area contributed by atoms with Crippen LogP contribution in [0.25, 0.3) is 5.82 Å². The number of aliphatic carboxylic acids is 1. The van der Waals surface area contributed by atoms with Gasteiger partial charge in [0.15, 0.2) is 11.5 Å². The van der Waals surface area contributed by atoms with Crippen LogP contribution in [-0.2, 0) is 11.0 Å².